The van der Waals surface area contributed by atoms with E-state index < -0.39 is 9.84 Å². The van der Waals surface area contributed by atoms with E-state index in [0.29, 0.717) is 10.8 Å². The minimum absolute atomic E-state index is 0.0908. The standard InChI is InChI=1S/C16H25NO2S/c1-3-17-16(14-8-4-5-9-14)12-20(18,19)15-10-6-7-13(2)11-15/h6-7,10-11,14,16-17H,3-5,8-9,12H2,1-2H3. The van der Waals surface area contributed by atoms with Gasteiger partial charge < -0.3 is 5.32 Å². The van der Waals surface area contributed by atoms with Crippen LogP contribution in [0.2, 0.25) is 0 Å². The molecule has 3 nitrogen and oxygen atoms in total. The van der Waals surface area contributed by atoms with E-state index in [-0.39, 0.29) is 11.8 Å². The lowest BCUT2D eigenvalue weighted by Gasteiger charge is -2.24. The molecule has 1 fully saturated rings. The molecule has 1 N–H and O–H groups in total. The van der Waals surface area contributed by atoms with Gasteiger partial charge in [0.2, 0.25) is 0 Å². The van der Waals surface area contributed by atoms with E-state index in [1.165, 1.54) is 12.8 Å². The molecule has 0 saturated heterocycles. The van der Waals surface area contributed by atoms with Gasteiger partial charge in [-0.1, -0.05) is 31.9 Å². The molecule has 1 aromatic carbocycles. The van der Waals surface area contributed by atoms with Gasteiger partial charge in [0, 0.05) is 6.04 Å². The Balaban J connectivity index is 2.15. The first-order valence-electron chi connectivity index (χ1n) is 7.55. The molecule has 2 rings (SSSR count). The van der Waals surface area contributed by atoms with Crippen LogP contribution in [0.1, 0.15) is 38.2 Å². The van der Waals surface area contributed by atoms with Crippen molar-refractivity contribution in [3.05, 3.63) is 29.8 Å². The highest BCUT2D eigenvalue weighted by molar-refractivity contribution is 7.91. The molecule has 20 heavy (non-hydrogen) atoms. The molecule has 0 heterocycles. The molecule has 1 aromatic rings. The lowest BCUT2D eigenvalue weighted by Crippen LogP contribution is -2.40. The second kappa shape index (κ2) is 6.72. The first kappa shape index (κ1) is 15.5. The van der Waals surface area contributed by atoms with Crippen molar-refractivity contribution >= 4 is 9.84 Å². The molecule has 1 aliphatic carbocycles. The van der Waals surface area contributed by atoms with E-state index in [9.17, 15) is 8.42 Å². The van der Waals surface area contributed by atoms with Gasteiger partial charge in [-0.15, -0.1) is 0 Å². The molecule has 0 spiro atoms. The van der Waals surface area contributed by atoms with E-state index in [1.54, 1.807) is 12.1 Å². The Morgan fingerprint density at radius 1 is 1.30 bits per heavy atom. The van der Waals surface area contributed by atoms with Crippen LogP contribution >= 0.6 is 0 Å². The zero-order valence-electron chi connectivity index (χ0n) is 12.4. The topological polar surface area (TPSA) is 46.2 Å². The fraction of sp³-hybridized carbons (Fsp3) is 0.625. The van der Waals surface area contributed by atoms with Gasteiger partial charge in [0.1, 0.15) is 0 Å². The number of aryl methyl sites for hydroxylation is 1. The predicted octanol–water partition coefficient (Wildman–Crippen LogP) is 2.94. The molecule has 0 bridgehead atoms. The summed E-state index contributed by atoms with van der Waals surface area (Å²) >= 11 is 0. The quantitative estimate of drug-likeness (QED) is 0.877. The Labute approximate surface area is 122 Å². The SMILES string of the molecule is CCNC(CS(=O)(=O)c1cccc(C)c1)C1CCCC1. The van der Waals surface area contributed by atoms with E-state index in [4.69, 9.17) is 0 Å². The van der Waals surface area contributed by atoms with Crippen molar-refractivity contribution in [3.8, 4) is 0 Å². The third-order valence-corrected chi connectivity index (χ3v) is 5.95. The average molecular weight is 295 g/mol. The van der Waals surface area contributed by atoms with Gasteiger partial charge >= 0.3 is 0 Å². The molecule has 0 aromatic heterocycles. The largest absolute Gasteiger partial charge is 0.313 e. The maximum atomic E-state index is 12.6. The zero-order chi connectivity index (χ0) is 14.6. The summed E-state index contributed by atoms with van der Waals surface area (Å²) in [5, 5.41) is 3.39. The monoisotopic (exact) mass is 295 g/mol. The Morgan fingerprint density at radius 2 is 2.00 bits per heavy atom. The molecule has 112 valence electrons. The summed E-state index contributed by atoms with van der Waals surface area (Å²) in [4.78, 5) is 0.457. The van der Waals surface area contributed by atoms with Gasteiger partial charge in [-0.3, -0.25) is 0 Å². The Hall–Kier alpha value is -0.870. The maximum Gasteiger partial charge on any atom is 0.179 e. The fourth-order valence-corrected chi connectivity index (χ4v) is 4.83. The maximum absolute atomic E-state index is 12.6. The smallest absolute Gasteiger partial charge is 0.179 e. The minimum atomic E-state index is -3.20. The van der Waals surface area contributed by atoms with Crippen molar-refractivity contribution in [3.63, 3.8) is 0 Å². The number of sulfone groups is 1. The summed E-state index contributed by atoms with van der Waals surface area (Å²) in [6.07, 6.45) is 4.77. The van der Waals surface area contributed by atoms with Crippen LogP contribution in [0.3, 0.4) is 0 Å². The molecule has 1 saturated carbocycles. The van der Waals surface area contributed by atoms with E-state index in [2.05, 4.69) is 5.32 Å². The van der Waals surface area contributed by atoms with Crippen molar-refractivity contribution in [2.45, 2.75) is 50.5 Å². The molecule has 1 atom stereocenters. The molecule has 0 aliphatic heterocycles. The summed E-state index contributed by atoms with van der Waals surface area (Å²) < 4.78 is 25.2. The molecular weight excluding hydrogens is 270 g/mol. The van der Waals surface area contributed by atoms with Crippen LogP contribution in [-0.4, -0.2) is 26.8 Å². The van der Waals surface area contributed by atoms with Crippen molar-refractivity contribution in [2.75, 3.05) is 12.3 Å². The molecule has 0 amide bonds. The number of hydrogen-bond acceptors (Lipinski definition) is 3. The number of rotatable bonds is 6. The third kappa shape index (κ3) is 3.83. The zero-order valence-corrected chi connectivity index (χ0v) is 13.2. The minimum Gasteiger partial charge on any atom is -0.313 e. The second-order valence-corrected chi connectivity index (χ2v) is 7.84. The van der Waals surface area contributed by atoms with Crippen LogP contribution in [0, 0.1) is 12.8 Å². The Bertz CT molecular complexity index is 533. The van der Waals surface area contributed by atoms with Gasteiger partial charge in [-0.2, -0.15) is 0 Å². The highest BCUT2D eigenvalue weighted by Crippen LogP contribution is 2.29. The summed E-state index contributed by atoms with van der Waals surface area (Å²) in [7, 11) is -3.20. The second-order valence-electron chi connectivity index (χ2n) is 5.81. The Kier molecular flexibility index (Phi) is 5.22. The van der Waals surface area contributed by atoms with Gasteiger partial charge in [0.25, 0.3) is 0 Å². The molecule has 1 aliphatic rings. The normalized spacial score (nSPS) is 18.3. The average Bonchev–Trinajstić information content (AvgIpc) is 2.92. The summed E-state index contributed by atoms with van der Waals surface area (Å²) in [5.74, 6) is 0.726. The lowest BCUT2D eigenvalue weighted by atomic mass is 10.00. The fourth-order valence-electron chi connectivity index (χ4n) is 3.13. The Morgan fingerprint density at radius 3 is 2.60 bits per heavy atom. The van der Waals surface area contributed by atoms with Gasteiger partial charge in [-0.25, -0.2) is 8.42 Å². The molecule has 4 heteroatoms. The predicted molar refractivity (Wildman–Crippen MR) is 82.7 cm³/mol. The first-order valence-corrected chi connectivity index (χ1v) is 9.21. The van der Waals surface area contributed by atoms with Crippen LogP contribution < -0.4 is 5.32 Å². The van der Waals surface area contributed by atoms with E-state index >= 15 is 0 Å². The summed E-state index contributed by atoms with van der Waals surface area (Å²) in [5.41, 5.74) is 0.993. The van der Waals surface area contributed by atoms with Crippen molar-refractivity contribution in [1.82, 2.24) is 5.32 Å². The van der Waals surface area contributed by atoms with Crippen molar-refractivity contribution in [1.29, 1.82) is 0 Å². The third-order valence-electron chi connectivity index (χ3n) is 4.18. The summed E-state index contributed by atoms with van der Waals surface area (Å²) in [6, 6.07) is 7.32. The van der Waals surface area contributed by atoms with Crippen LogP contribution in [0.4, 0.5) is 0 Å². The number of nitrogens with one attached hydrogen (secondary N) is 1. The molecule has 0 radical (unpaired) electrons. The van der Waals surface area contributed by atoms with Gasteiger partial charge in [-0.05, 0) is 49.9 Å². The van der Waals surface area contributed by atoms with E-state index in [1.807, 2.05) is 26.0 Å². The van der Waals surface area contributed by atoms with Gasteiger partial charge in [0.05, 0.1) is 10.6 Å². The highest BCUT2D eigenvalue weighted by atomic mass is 32.2. The highest BCUT2D eigenvalue weighted by Gasteiger charge is 2.29. The van der Waals surface area contributed by atoms with Crippen LogP contribution in [-0.2, 0) is 9.84 Å². The first-order chi connectivity index (χ1) is 9.53. The molecule has 1 unspecified atom stereocenters. The number of benzene rings is 1. The van der Waals surface area contributed by atoms with Crippen LogP contribution in [0.15, 0.2) is 29.2 Å². The number of hydrogen-bond donors (Lipinski definition) is 1. The lowest BCUT2D eigenvalue weighted by molar-refractivity contribution is 0.389. The van der Waals surface area contributed by atoms with Gasteiger partial charge in [0.15, 0.2) is 9.84 Å². The summed E-state index contributed by atoms with van der Waals surface area (Å²) in [6.45, 7) is 4.80. The van der Waals surface area contributed by atoms with Crippen LogP contribution in [0.5, 0.6) is 0 Å². The van der Waals surface area contributed by atoms with Crippen molar-refractivity contribution in [2.24, 2.45) is 5.92 Å². The van der Waals surface area contributed by atoms with Crippen LogP contribution in [0.25, 0.3) is 0 Å². The van der Waals surface area contributed by atoms with Crippen molar-refractivity contribution < 1.29 is 8.42 Å². The molecular formula is C16H25NO2S. The van der Waals surface area contributed by atoms with E-state index in [0.717, 1.165) is 24.9 Å².